The molecule has 74 valence electrons. The molecule has 0 aromatic heterocycles. The molecule has 1 atom stereocenters. The van der Waals surface area contributed by atoms with Gasteiger partial charge < -0.3 is 9.84 Å². The first-order valence-corrected chi connectivity index (χ1v) is 5.32. The predicted molar refractivity (Wildman–Crippen MR) is 48.5 cm³/mol. The third-order valence-corrected chi connectivity index (χ3v) is 3.71. The number of hydrogen-bond acceptors (Lipinski definition) is 3. The van der Waals surface area contributed by atoms with Crippen molar-refractivity contribution in [2.45, 2.75) is 30.9 Å². The Morgan fingerprint density at radius 2 is 2.00 bits per heavy atom. The van der Waals surface area contributed by atoms with Crippen LogP contribution < -0.4 is 0 Å². The van der Waals surface area contributed by atoms with E-state index < -0.39 is 0 Å². The molecule has 0 radical (unpaired) electrons. The first-order valence-electron chi connectivity index (χ1n) is 5.32. The van der Waals surface area contributed by atoms with Crippen molar-refractivity contribution in [3.8, 4) is 0 Å². The van der Waals surface area contributed by atoms with Gasteiger partial charge in [-0.2, -0.15) is 0 Å². The van der Waals surface area contributed by atoms with Gasteiger partial charge in [0, 0.05) is 25.7 Å². The van der Waals surface area contributed by atoms with Crippen LogP contribution in [0, 0.1) is 5.92 Å². The lowest BCUT2D eigenvalue weighted by atomic mass is 9.87. The Balaban J connectivity index is 1.55. The number of nitrogens with zero attached hydrogens (tertiary/aromatic N) is 1. The van der Waals surface area contributed by atoms with Gasteiger partial charge in [0.1, 0.15) is 0 Å². The summed E-state index contributed by atoms with van der Waals surface area (Å²) < 4.78 is 5.33. The van der Waals surface area contributed by atoms with Gasteiger partial charge in [0.05, 0.1) is 12.2 Å². The fourth-order valence-corrected chi connectivity index (χ4v) is 2.60. The van der Waals surface area contributed by atoms with E-state index in [1.54, 1.807) is 0 Å². The summed E-state index contributed by atoms with van der Waals surface area (Å²) in [4.78, 5) is 2.38. The molecule has 0 aromatic rings. The van der Waals surface area contributed by atoms with Crippen molar-refractivity contribution < 1.29 is 9.84 Å². The van der Waals surface area contributed by atoms with Crippen LogP contribution in [0.5, 0.6) is 0 Å². The minimum atomic E-state index is -0.317. The molecule has 3 nitrogen and oxygen atoms in total. The molecule has 1 unspecified atom stereocenters. The van der Waals surface area contributed by atoms with Crippen LogP contribution in [-0.2, 0) is 4.74 Å². The first-order chi connectivity index (χ1) is 6.28. The zero-order chi connectivity index (χ0) is 8.89. The van der Waals surface area contributed by atoms with Crippen LogP contribution in [0.15, 0.2) is 0 Å². The van der Waals surface area contributed by atoms with E-state index in [4.69, 9.17) is 4.74 Å². The van der Waals surface area contributed by atoms with Crippen molar-refractivity contribution >= 4 is 0 Å². The first kappa shape index (κ1) is 8.21. The van der Waals surface area contributed by atoms with Gasteiger partial charge in [0.15, 0.2) is 0 Å². The Labute approximate surface area is 78.7 Å². The number of aliphatic hydroxyl groups is 1. The second-order valence-corrected chi connectivity index (χ2v) is 4.80. The van der Waals surface area contributed by atoms with Crippen LogP contribution in [0.25, 0.3) is 0 Å². The molecule has 3 aliphatic rings. The van der Waals surface area contributed by atoms with Crippen LogP contribution in [0.3, 0.4) is 0 Å². The van der Waals surface area contributed by atoms with E-state index in [0.717, 1.165) is 32.7 Å². The lowest BCUT2D eigenvalue weighted by Crippen LogP contribution is -2.65. The molecule has 2 saturated heterocycles. The zero-order valence-electron chi connectivity index (χ0n) is 7.91. The molecule has 2 heterocycles. The number of β-amino-alcohol motifs (C(OH)–C–C–N with tert-alkyl or cyclic N) is 1. The van der Waals surface area contributed by atoms with Crippen molar-refractivity contribution in [3.63, 3.8) is 0 Å². The molecule has 13 heavy (non-hydrogen) atoms. The second-order valence-electron chi connectivity index (χ2n) is 4.80. The largest absolute Gasteiger partial charge is 0.387 e. The summed E-state index contributed by atoms with van der Waals surface area (Å²) in [6, 6.07) is 0.596. The summed E-state index contributed by atoms with van der Waals surface area (Å²) in [5, 5.41) is 10.1. The molecule has 3 heteroatoms. The van der Waals surface area contributed by atoms with E-state index in [2.05, 4.69) is 4.90 Å². The van der Waals surface area contributed by atoms with E-state index >= 15 is 0 Å². The molecule has 3 rings (SSSR count). The Bertz CT molecular complexity index is 203. The van der Waals surface area contributed by atoms with Gasteiger partial charge in [-0.3, -0.25) is 4.90 Å². The molecule has 2 aliphatic heterocycles. The summed E-state index contributed by atoms with van der Waals surface area (Å²) in [6.45, 7) is 3.57. The lowest BCUT2D eigenvalue weighted by molar-refractivity contribution is -0.129. The van der Waals surface area contributed by atoms with Crippen molar-refractivity contribution in [3.05, 3.63) is 0 Å². The van der Waals surface area contributed by atoms with E-state index in [1.807, 2.05) is 0 Å². The molecule has 1 N–H and O–H groups in total. The van der Waals surface area contributed by atoms with Crippen molar-refractivity contribution in [1.82, 2.24) is 4.90 Å². The molecular weight excluding hydrogens is 166 g/mol. The number of ether oxygens (including phenoxy) is 1. The fraction of sp³-hybridized carbons (Fsp3) is 1.00. The van der Waals surface area contributed by atoms with Crippen LogP contribution >= 0.6 is 0 Å². The Morgan fingerprint density at radius 3 is 2.54 bits per heavy atom. The highest BCUT2D eigenvalue weighted by molar-refractivity contribution is 5.06. The van der Waals surface area contributed by atoms with E-state index in [-0.39, 0.29) is 5.60 Å². The summed E-state index contributed by atoms with van der Waals surface area (Å²) in [6.07, 6.45) is 3.64. The molecule has 3 fully saturated rings. The fourth-order valence-electron chi connectivity index (χ4n) is 2.60. The van der Waals surface area contributed by atoms with Crippen molar-refractivity contribution in [1.29, 1.82) is 0 Å². The summed E-state index contributed by atoms with van der Waals surface area (Å²) in [7, 11) is 0. The van der Waals surface area contributed by atoms with E-state index in [1.165, 1.54) is 12.8 Å². The van der Waals surface area contributed by atoms with Crippen LogP contribution in [0.2, 0.25) is 0 Å². The summed E-state index contributed by atoms with van der Waals surface area (Å²) >= 11 is 0. The van der Waals surface area contributed by atoms with Gasteiger partial charge in [-0.1, -0.05) is 0 Å². The smallest absolute Gasteiger partial charge is 0.0928 e. The average molecular weight is 183 g/mol. The minimum absolute atomic E-state index is 0.317. The van der Waals surface area contributed by atoms with Gasteiger partial charge in [0.2, 0.25) is 0 Å². The van der Waals surface area contributed by atoms with E-state index in [0.29, 0.717) is 12.0 Å². The summed E-state index contributed by atoms with van der Waals surface area (Å²) in [5.74, 6) is 0.617. The van der Waals surface area contributed by atoms with Crippen LogP contribution in [0.1, 0.15) is 19.3 Å². The number of hydrogen-bond donors (Lipinski definition) is 1. The molecule has 1 aliphatic carbocycles. The summed E-state index contributed by atoms with van der Waals surface area (Å²) in [5.41, 5.74) is -0.317. The molecule has 0 spiro atoms. The molecular formula is C10H17NO2. The Hall–Kier alpha value is -0.120. The normalized spacial score (nSPS) is 39.0. The minimum Gasteiger partial charge on any atom is -0.387 e. The van der Waals surface area contributed by atoms with Crippen molar-refractivity contribution in [2.24, 2.45) is 5.92 Å². The zero-order valence-corrected chi connectivity index (χ0v) is 7.91. The van der Waals surface area contributed by atoms with Gasteiger partial charge in [-0.15, -0.1) is 0 Å². The van der Waals surface area contributed by atoms with E-state index in [9.17, 15) is 5.11 Å². The topological polar surface area (TPSA) is 32.7 Å². The highest BCUT2D eigenvalue weighted by Crippen LogP contribution is 2.45. The molecule has 1 saturated carbocycles. The molecule has 0 bridgehead atoms. The highest BCUT2D eigenvalue weighted by atomic mass is 16.5. The third-order valence-electron chi connectivity index (χ3n) is 3.71. The maximum Gasteiger partial charge on any atom is 0.0928 e. The van der Waals surface area contributed by atoms with Crippen molar-refractivity contribution in [2.75, 3.05) is 26.3 Å². The quantitative estimate of drug-likeness (QED) is 0.665. The maximum atomic E-state index is 10.1. The van der Waals surface area contributed by atoms with Gasteiger partial charge >= 0.3 is 0 Å². The Morgan fingerprint density at radius 1 is 1.23 bits per heavy atom. The second kappa shape index (κ2) is 2.69. The monoisotopic (exact) mass is 183 g/mol. The molecule has 0 aromatic carbocycles. The van der Waals surface area contributed by atoms with Crippen LogP contribution in [0.4, 0.5) is 0 Å². The third kappa shape index (κ3) is 1.30. The molecule has 0 amide bonds. The average Bonchev–Trinajstić information content (AvgIpc) is 2.77. The highest BCUT2D eigenvalue weighted by Gasteiger charge is 2.53. The van der Waals surface area contributed by atoms with Gasteiger partial charge in [-0.05, 0) is 25.2 Å². The number of rotatable bonds is 2. The predicted octanol–water partition coefficient (Wildman–Crippen LogP) is 0.232. The van der Waals surface area contributed by atoms with Gasteiger partial charge in [0.25, 0.3) is 0 Å². The number of likely N-dealkylation sites (tertiary alicyclic amines) is 1. The Kier molecular flexibility index (Phi) is 1.70. The van der Waals surface area contributed by atoms with Gasteiger partial charge in [-0.25, -0.2) is 0 Å². The standard InChI is InChI=1S/C10H17NO2/c12-10(8-1-2-8)6-11(7-10)9-3-4-13-5-9/h8-9,12H,1-7H2. The lowest BCUT2D eigenvalue weighted by Gasteiger charge is -2.49. The van der Waals surface area contributed by atoms with Crippen LogP contribution in [-0.4, -0.2) is 48.0 Å². The SMILES string of the molecule is OC1(C2CC2)CN(C2CCOC2)C1. The maximum absolute atomic E-state index is 10.1.